The van der Waals surface area contributed by atoms with Crippen LogP contribution in [-0.4, -0.2) is 19.2 Å². The molecule has 0 spiro atoms. The van der Waals surface area contributed by atoms with Gasteiger partial charge in [-0.05, 0) is 49.2 Å². The Morgan fingerprint density at radius 2 is 2.04 bits per heavy atom. The van der Waals surface area contributed by atoms with Crippen molar-refractivity contribution in [1.29, 1.82) is 0 Å². The molecule has 2 amide bonds. The van der Waals surface area contributed by atoms with Crippen LogP contribution in [0.5, 0.6) is 5.75 Å². The number of aryl methyl sites for hydroxylation is 1. The predicted molar refractivity (Wildman–Crippen MR) is 89.8 cm³/mol. The molecule has 0 aliphatic heterocycles. The number of anilines is 1. The summed E-state index contributed by atoms with van der Waals surface area (Å²) in [7, 11) is 0. The first-order valence-corrected chi connectivity index (χ1v) is 7.54. The van der Waals surface area contributed by atoms with E-state index in [4.69, 9.17) is 16.3 Å². The predicted octanol–water partition coefficient (Wildman–Crippen LogP) is 4.30. The second kappa shape index (κ2) is 7.83. The van der Waals surface area contributed by atoms with Gasteiger partial charge in [0.2, 0.25) is 0 Å². The Labute approximate surface area is 139 Å². The molecule has 0 atom stereocenters. The maximum atomic E-state index is 13.0. The summed E-state index contributed by atoms with van der Waals surface area (Å²) >= 11 is 5.65. The minimum Gasteiger partial charge on any atom is -0.491 e. The largest absolute Gasteiger partial charge is 0.491 e. The van der Waals surface area contributed by atoms with Crippen LogP contribution in [0.1, 0.15) is 11.1 Å². The van der Waals surface area contributed by atoms with Crippen molar-refractivity contribution in [2.45, 2.75) is 13.8 Å². The number of halogens is 2. The lowest BCUT2D eigenvalue weighted by Gasteiger charge is -2.12. The molecule has 6 heteroatoms. The Kier molecular flexibility index (Phi) is 5.82. The van der Waals surface area contributed by atoms with E-state index in [9.17, 15) is 9.18 Å². The number of carbonyl (C=O) groups excluding carboxylic acids is 1. The second-order valence-electron chi connectivity index (χ2n) is 5.06. The lowest BCUT2D eigenvalue weighted by molar-refractivity contribution is 0.247. The molecular formula is C17H18ClFN2O2. The van der Waals surface area contributed by atoms with Crippen LogP contribution in [0.15, 0.2) is 36.4 Å². The van der Waals surface area contributed by atoms with E-state index in [0.717, 1.165) is 16.9 Å². The number of hydrogen-bond donors (Lipinski definition) is 2. The highest BCUT2D eigenvalue weighted by Crippen LogP contribution is 2.20. The van der Waals surface area contributed by atoms with Crippen molar-refractivity contribution in [3.63, 3.8) is 0 Å². The van der Waals surface area contributed by atoms with Crippen molar-refractivity contribution in [3.8, 4) is 5.75 Å². The van der Waals surface area contributed by atoms with Crippen LogP contribution in [0.25, 0.3) is 0 Å². The zero-order chi connectivity index (χ0) is 16.8. The van der Waals surface area contributed by atoms with Gasteiger partial charge in [0, 0.05) is 5.69 Å². The van der Waals surface area contributed by atoms with Gasteiger partial charge < -0.3 is 15.4 Å². The molecule has 0 fully saturated rings. The zero-order valence-electron chi connectivity index (χ0n) is 13.0. The molecule has 2 N–H and O–H groups in total. The molecule has 2 rings (SSSR count). The topological polar surface area (TPSA) is 50.4 Å². The van der Waals surface area contributed by atoms with Crippen LogP contribution in [0.2, 0.25) is 5.02 Å². The Morgan fingerprint density at radius 1 is 1.26 bits per heavy atom. The highest BCUT2D eigenvalue weighted by molar-refractivity contribution is 6.31. The molecule has 0 bridgehead atoms. The SMILES string of the molecule is Cc1cccc(OCCNC(=O)Nc2ccc(F)c(Cl)c2)c1C. The third-order valence-corrected chi connectivity index (χ3v) is 3.67. The number of ether oxygens (including phenoxy) is 1. The van der Waals surface area contributed by atoms with Gasteiger partial charge in [0.05, 0.1) is 11.6 Å². The minimum atomic E-state index is -0.528. The van der Waals surface area contributed by atoms with Crippen LogP contribution >= 0.6 is 11.6 Å². The van der Waals surface area contributed by atoms with Crippen molar-refractivity contribution in [2.75, 3.05) is 18.5 Å². The van der Waals surface area contributed by atoms with Crippen molar-refractivity contribution in [3.05, 3.63) is 58.4 Å². The maximum Gasteiger partial charge on any atom is 0.319 e. The van der Waals surface area contributed by atoms with Crippen molar-refractivity contribution in [2.24, 2.45) is 0 Å². The van der Waals surface area contributed by atoms with Gasteiger partial charge >= 0.3 is 6.03 Å². The smallest absolute Gasteiger partial charge is 0.319 e. The molecule has 0 radical (unpaired) electrons. The molecular weight excluding hydrogens is 319 g/mol. The summed E-state index contributed by atoms with van der Waals surface area (Å²) in [5, 5.41) is 5.19. The Hall–Kier alpha value is -2.27. The summed E-state index contributed by atoms with van der Waals surface area (Å²) in [5.74, 6) is 0.275. The Morgan fingerprint density at radius 3 is 2.78 bits per heavy atom. The Bertz CT molecular complexity index is 707. The van der Waals surface area contributed by atoms with E-state index in [1.165, 1.54) is 18.2 Å². The lowest BCUT2D eigenvalue weighted by Crippen LogP contribution is -2.32. The van der Waals surface area contributed by atoms with Crippen molar-refractivity contribution >= 4 is 23.3 Å². The number of nitrogens with one attached hydrogen (secondary N) is 2. The van der Waals surface area contributed by atoms with Crippen LogP contribution in [-0.2, 0) is 0 Å². The molecule has 0 saturated carbocycles. The van der Waals surface area contributed by atoms with Gasteiger partial charge in [-0.15, -0.1) is 0 Å². The molecule has 0 aromatic heterocycles. The van der Waals surface area contributed by atoms with E-state index in [2.05, 4.69) is 10.6 Å². The molecule has 4 nitrogen and oxygen atoms in total. The van der Waals surface area contributed by atoms with E-state index in [1.807, 2.05) is 32.0 Å². The molecule has 0 saturated heterocycles. The van der Waals surface area contributed by atoms with Gasteiger partial charge in [-0.3, -0.25) is 0 Å². The van der Waals surface area contributed by atoms with Crippen LogP contribution in [0, 0.1) is 19.7 Å². The van der Waals surface area contributed by atoms with E-state index < -0.39 is 11.8 Å². The molecule has 122 valence electrons. The third-order valence-electron chi connectivity index (χ3n) is 3.38. The van der Waals surface area contributed by atoms with Gasteiger partial charge in [0.1, 0.15) is 18.2 Å². The van der Waals surface area contributed by atoms with Crippen molar-refractivity contribution in [1.82, 2.24) is 5.32 Å². The Balaban J connectivity index is 1.76. The summed E-state index contributed by atoms with van der Waals surface area (Å²) in [6.07, 6.45) is 0. The molecule has 0 aliphatic carbocycles. The van der Waals surface area contributed by atoms with Gasteiger partial charge in [-0.25, -0.2) is 9.18 Å². The molecule has 2 aromatic rings. The highest BCUT2D eigenvalue weighted by atomic mass is 35.5. The van der Waals surface area contributed by atoms with Gasteiger partial charge in [0.25, 0.3) is 0 Å². The summed E-state index contributed by atoms with van der Waals surface area (Å²) in [6.45, 7) is 4.70. The van der Waals surface area contributed by atoms with E-state index >= 15 is 0 Å². The van der Waals surface area contributed by atoms with E-state index in [1.54, 1.807) is 0 Å². The first-order chi connectivity index (χ1) is 11.0. The first kappa shape index (κ1) is 17.1. The number of carbonyl (C=O) groups is 1. The number of rotatable bonds is 5. The highest BCUT2D eigenvalue weighted by Gasteiger charge is 2.05. The first-order valence-electron chi connectivity index (χ1n) is 7.16. The van der Waals surface area contributed by atoms with E-state index in [-0.39, 0.29) is 5.02 Å². The molecule has 0 heterocycles. The number of hydrogen-bond acceptors (Lipinski definition) is 2. The molecule has 23 heavy (non-hydrogen) atoms. The fourth-order valence-corrected chi connectivity index (χ4v) is 2.14. The molecule has 2 aromatic carbocycles. The van der Waals surface area contributed by atoms with Crippen LogP contribution in [0.3, 0.4) is 0 Å². The number of amides is 2. The average molecular weight is 337 g/mol. The standard InChI is InChI=1S/C17H18ClFN2O2/c1-11-4-3-5-16(12(11)2)23-9-8-20-17(22)21-13-6-7-15(19)14(18)10-13/h3-7,10H,8-9H2,1-2H3,(H2,20,21,22). The quantitative estimate of drug-likeness (QED) is 0.800. The second-order valence-corrected chi connectivity index (χ2v) is 5.46. The van der Waals surface area contributed by atoms with Gasteiger partial charge in [-0.2, -0.15) is 0 Å². The molecule has 0 aliphatic rings. The average Bonchev–Trinajstić information content (AvgIpc) is 2.51. The number of urea groups is 1. The monoisotopic (exact) mass is 336 g/mol. The fourth-order valence-electron chi connectivity index (χ4n) is 1.96. The fraction of sp³-hybridized carbons (Fsp3) is 0.235. The van der Waals surface area contributed by atoms with E-state index in [0.29, 0.717) is 18.8 Å². The minimum absolute atomic E-state index is 0.0407. The summed E-state index contributed by atoms with van der Waals surface area (Å²) in [4.78, 5) is 11.7. The normalized spacial score (nSPS) is 10.3. The van der Waals surface area contributed by atoms with Gasteiger partial charge in [0.15, 0.2) is 0 Å². The van der Waals surface area contributed by atoms with Crippen LogP contribution in [0.4, 0.5) is 14.9 Å². The maximum absolute atomic E-state index is 13.0. The number of benzene rings is 2. The summed E-state index contributed by atoms with van der Waals surface area (Å²) in [6, 6.07) is 9.41. The summed E-state index contributed by atoms with van der Waals surface area (Å²) in [5.41, 5.74) is 2.66. The van der Waals surface area contributed by atoms with Gasteiger partial charge in [-0.1, -0.05) is 23.7 Å². The van der Waals surface area contributed by atoms with Crippen molar-refractivity contribution < 1.29 is 13.9 Å². The summed E-state index contributed by atoms with van der Waals surface area (Å²) < 4.78 is 18.7. The molecule has 0 unspecified atom stereocenters. The zero-order valence-corrected chi connectivity index (χ0v) is 13.7. The van der Waals surface area contributed by atoms with Crippen LogP contribution < -0.4 is 15.4 Å². The lowest BCUT2D eigenvalue weighted by atomic mass is 10.1. The third kappa shape index (κ3) is 4.86.